The number of amides is 3. The van der Waals surface area contributed by atoms with E-state index in [0.29, 0.717) is 55.5 Å². The fourth-order valence-corrected chi connectivity index (χ4v) is 5.87. The van der Waals surface area contributed by atoms with Crippen LogP contribution in [0.2, 0.25) is 10.0 Å². The van der Waals surface area contributed by atoms with Crippen molar-refractivity contribution in [2.24, 2.45) is 16.7 Å². The van der Waals surface area contributed by atoms with E-state index in [0.717, 1.165) is 18.4 Å². The Bertz CT molecular complexity index is 1030. The molecule has 0 radical (unpaired) electrons. The third kappa shape index (κ3) is 5.85. The van der Waals surface area contributed by atoms with Gasteiger partial charge in [-0.25, -0.2) is 0 Å². The molecule has 198 valence electrons. The molecule has 36 heavy (non-hydrogen) atoms. The lowest BCUT2D eigenvalue weighted by Crippen LogP contribution is -2.46. The highest BCUT2D eigenvalue weighted by atomic mass is 35.5. The zero-order valence-corrected chi connectivity index (χ0v) is 23.7. The van der Waals surface area contributed by atoms with Gasteiger partial charge in [0.05, 0.1) is 16.1 Å². The van der Waals surface area contributed by atoms with Crippen molar-refractivity contribution in [3.8, 4) is 0 Å². The van der Waals surface area contributed by atoms with Crippen molar-refractivity contribution >= 4 is 40.9 Å². The Balaban J connectivity index is 1.48. The third-order valence-electron chi connectivity index (χ3n) is 8.19. The van der Waals surface area contributed by atoms with Gasteiger partial charge < -0.3 is 14.7 Å². The monoisotopic (exact) mass is 535 g/mol. The molecule has 4 rings (SSSR count). The Hall–Kier alpha value is -1.79. The summed E-state index contributed by atoms with van der Waals surface area (Å²) in [7, 11) is 1.85. The van der Waals surface area contributed by atoms with E-state index in [4.69, 9.17) is 23.2 Å². The minimum absolute atomic E-state index is 0.0471. The Morgan fingerprint density at radius 3 is 2.22 bits per heavy atom. The van der Waals surface area contributed by atoms with Crippen LogP contribution in [0.3, 0.4) is 0 Å². The van der Waals surface area contributed by atoms with E-state index >= 15 is 0 Å². The average Bonchev–Trinajstić information content (AvgIpc) is 3.42. The molecule has 0 N–H and O–H groups in total. The normalized spacial score (nSPS) is 24.1. The van der Waals surface area contributed by atoms with Crippen LogP contribution in [0.15, 0.2) is 18.2 Å². The second-order valence-electron chi connectivity index (χ2n) is 12.5. The molecule has 3 aliphatic rings. The average molecular weight is 537 g/mol. The first-order valence-electron chi connectivity index (χ1n) is 13.1. The van der Waals surface area contributed by atoms with Gasteiger partial charge >= 0.3 is 0 Å². The van der Waals surface area contributed by atoms with E-state index in [1.165, 1.54) is 0 Å². The number of likely N-dealkylation sites (N-methyl/N-ethyl adjacent to an activating group) is 1. The summed E-state index contributed by atoms with van der Waals surface area (Å²) in [6.45, 7) is 10.5. The number of hydrogen-bond acceptors (Lipinski definition) is 3. The van der Waals surface area contributed by atoms with Crippen LogP contribution in [0, 0.1) is 16.7 Å². The van der Waals surface area contributed by atoms with Crippen LogP contribution in [0.5, 0.6) is 0 Å². The summed E-state index contributed by atoms with van der Waals surface area (Å²) < 4.78 is 0. The van der Waals surface area contributed by atoms with Gasteiger partial charge in [0.2, 0.25) is 17.7 Å². The topological polar surface area (TPSA) is 60.9 Å². The summed E-state index contributed by atoms with van der Waals surface area (Å²) in [6, 6.07) is 5.45. The first-order valence-corrected chi connectivity index (χ1v) is 13.8. The lowest BCUT2D eigenvalue weighted by molar-refractivity contribution is -0.142. The van der Waals surface area contributed by atoms with Gasteiger partial charge in [-0.2, -0.15) is 0 Å². The summed E-state index contributed by atoms with van der Waals surface area (Å²) in [6.07, 6.45) is 3.76. The van der Waals surface area contributed by atoms with Gasteiger partial charge in [0.15, 0.2) is 0 Å². The van der Waals surface area contributed by atoms with E-state index in [-0.39, 0.29) is 46.4 Å². The van der Waals surface area contributed by atoms with Crippen molar-refractivity contribution in [1.82, 2.24) is 14.7 Å². The van der Waals surface area contributed by atoms with Crippen LogP contribution in [0.4, 0.5) is 0 Å². The van der Waals surface area contributed by atoms with Crippen molar-refractivity contribution in [3.63, 3.8) is 0 Å². The number of carbonyl (C=O) groups excluding carboxylic acids is 3. The second kappa shape index (κ2) is 10.2. The maximum Gasteiger partial charge on any atom is 0.228 e. The fraction of sp³-hybridized carbons (Fsp3) is 0.679. The largest absolute Gasteiger partial charge is 0.342 e. The number of likely N-dealkylation sites (tertiary alicyclic amines) is 2. The van der Waals surface area contributed by atoms with Gasteiger partial charge in [0.1, 0.15) is 0 Å². The number of benzene rings is 1. The van der Waals surface area contributed by atoms with Gasteiger partial charge in [-0.1, -0.05) is 57.0 Å². The highest BCUT2D eigenvalue weighted by Crippen LogP contribution is 2.47. The zero-order valence-electron chi connectivity index (χ0n) is 22.2. The molecule has 8 heteroatoms. The molecule has 1 aliphatic carbocycles. The zero-order chi connectivity index (χ0) is 26.4. The first kappa shape index (κ1) is 27.3. The van der Waals surface area contributed by atoms with Gasteiger partial charge in [0.25, 0.3) is 0 Å². The smallest absolute Gasteiger partial charge is 0.228 e. The summed E-state index contributed by atoms with van der Waals surface area (Å²) in [5.41, 5.74) is 0.691. The molecule has 0 spiro atoms. The van der Waals surface area contributed by atoms with Gasteiger partial charge in [-0.15, -0.1) is 0 Å². The van der Waals surface area contributed by atoms with Crippen LogP contribution in [0.1, 0.15) is 71.3 Å². The van der Waals surface area contributed by atoms with Crippen LogP contribution in [-0.4, -0.2) is 71.7 Å². The summed E-state index contributed by atoms with van der Waals surface area (Å²) in [5, 5.41) is 0.962. The van der Waals surface area contributed by atoms with Crippen LogP contribution in [-0.2, 0) is 14.4 Å². The number of rotatable bonds is 5. The van der Waals surface area contributed by atoms with Crippen molar-refractivity contribution in [3.05, 3.63) is 33.8 Å². The van der Waals surface area contributed by atoms with E-state index < -0.39 is 0 Å². The lowest BCUT2D eigenvalue weighted by Gasteiger charge is -2.35. The number of carbonyl (C=O) groups is 3. The summed E-state index contributed by atoms with van der Waals surface area (Å²) >= 11 is 12.5. The molecule has 1 saturated carbocycles. The number of nitrogens with zero attached hydrogens (tertiary/aromatic N) is 3. The van der Waals surface area contributed by atoms with Gasteiger partial charge in [-0.05, 0) is 48.8 Å². The van der Waals surface area contributed by atoms with Gasteiger partial charge in [-0.3, -0.25) is 14.4 Å². The maximum absolute atomic E-state index is 13.6. The predicted molar refractivity (Wildman–Crippen MR) is 143 cm³/mol. The van der Waals surface area contributed by atoms with E-state index in [1.807, 2.05) is 40.8 Å². The molecule has 2 unspecified atom stereocenters. The number of halogens is 2. The first-order chi connectivity index (χ1) is 16.8. The maximum atomic E-state index is 13.6. The van der Waals surface area contributed by atoms with Crippen molar-refractivity contribution in [2.75, 3.05) is 33.2 Å². The molecule has 1 aromatic rings. The molecule has 6 nitrogen and oxygen atoms in total. The lowest BCUT2D eigenvalue weighted by atomic mass is 9.89. The third-order valence-corrected chi connectivity index (χ3v) is 8.93. The van der Waals surface area contributed by atoms with Crippen molar-refractivity contribution < 1.29 is 14.4 Å². The van der Waals surface area contributed by atoms with Crippen molar-refractivity contribution in [1.29, 1.82) is 0 Å². The Labute approximate surface area is 225 Å². The molecule has 0 bridgehead atoms. The molecule has 3 amide bonds. The molecule has 2 atom stereocenters. The fourth-order valence-electron chi connectivity index (χ4n) is 5.56. The molecular formula is C28H39Cl2N3O3. The highest BCUT2D eigenvalue weighted by molar-refractivity contribution is 6.42. The molecule has 3 fully saturated rings. The minimum atomic E-state index is -0.170. The highest BCUT2D eigenvalue weighted by Gasteiger charge is 2.48. The Morgan fingerprint density at radius 2 is 1.67 bits per heavy atom. The van der Waals surface area contributed by atoms with E-state index in [1.54, 1.807) is 6.07 Å². The van der Waals surface area contributed by atoms with E-state index in [9.17, 15) is 14.4 Å². The van der Waals surface area contributed by atoms with Crippen LogP contribution in [0.25, 0.3) is 0 Å². The van der Waals surface area contributed by atoms with Crippen LogP contribution >= 0.6 is 23.2 Å². The summed E-state index contributed by atoms with van der Waals surface area (Å²) in [5.74, 6) is 0.309. The molecule has 0 aromatic heterocycles. The SMILES string of the molecule is CN(C(=O)CC(C)(C)C)C1CN(C(=O)C2CCN(C(=O)C3(C)CC3)CC2)CC1c1ccc(Cl)c(Cl)c1. The molecular weight excluding hydrogens is 497 g/mol. The standard InChI is InChI=1S/C28H39Cl2N3O3/c1-27(2,3)15-24(34)31(5)23-17-33(16-20(23)19-6-7-21(29)22(30)14-19)25(35)18-8-12-32(13-9-18)26(36)28(4)10-11-28/h6-7,14,18,20,23H,8-13,15-17H2,1-5H3. The second-order valence-corrected chi connectivity index (χ2v) is 13.3. The molecule has 2 saturated heterocycles. The summed E-state index contributed by atoms with van der Waals surface area (Å²) in [4.78, 5) is 45.2. The van der Waals surface area contributed by atoms with Gasteiger partial charge in [0, 0.05) is 56.9 Å². The Kier molecular flexibility index (Phi) is 7.70. The number of hydrogen-bond donors (Lipinski definition) is 0. The number of piperidine rings is 1. The van der Waals surface area contributed by atoms with E-state index in [2.05, 4.69) is 20.8 Å². The van der Waals surface area contributed by atoms with Crippen molar-refractivity contribution in [2.45, 2.75) is 71.8 Å². The molecule has 2 heterocycles. The molecule has 2 aliphatic heterocycles. The quantitative estimate of drug-likeness (QED) is 0.519. The predicted octanol–water partition coefficient (Wildman–Crippen LogP) is 5.22. The van der Waals surface area contributed by atoms with Crippen LogP contribution < -0.4 is 0 Å². The molecule has 1 aromatic carbocycles. The Morgan fingerprint density at radius 1 is 1.03 bits per heavy atom. The minimum Gasteiger partial charge on any atom is -0.342 e.